The zero-order valence-electron chi connectivity index (χ0n) is 34.7. The van der Waals surface area contributed by atoms with Crippen LogP contribution in [0.1, 0.15) is 63.8 Å². The van der Waals surface area contributed by atoms with Gasteiger partial charge in [0.25, 0.3) is 0 Å². The molecular formula is C47H50N2O10. The number of carbonyl (C=O) groups excluding carboxylic acids is 2. The van der Waals surface area contributed by atoms with E-state index in [9.17, 15) is 9.59 Å². The number of fused-ring (bicyclic) bond motifs is 2. The number of hydrogen-bond acceptors (Lipinski definition) is 12. The SMILES string of the molecule is COc1ccc2ncc(COc3cccc(COC(=O)C(C)(C)C(=O)OCc4cccc(OCc5cnc6ccc(OC)cc6c5OC(C)C)c4)c3)c(OC(C)C)c2c1. The lowest BCUT2D eigenvalue weighted by Gasteiger charge is -2.21. The summed E-state index contributed by atoms with van der Waals surface area (Å²) in [6.07, 6.45) is 3.33. The molecule has 59 heavy (non-hydrogen) atoms. The Balaban J connectivity index is 1.03. The van der Waals surface area contributed by atoms with Crippen LogP contribution in [0.3, 0.4) is 0 Å². The second-order valence-corrected chi connectivity index (χ2v) is 15.0. The monoisotopic (exact) mass is 802 g/mol. The smallest absolute Gasteiger partial charge is 0.323 e. The Bertz CT molecular complexity index is 2260. The summed E-state index contributed by atoms with van der Waals surface area (Å²) in [5, 5.41) is 1.64. The van der Waals surface area contributed by atoms with Gasteiger partial charge in [0.15, 0.2) is 5.41 Å². The predicted octanol–water partition coefficient (Wildman–Crippen LogP) is 9.35. The number of carbonyl (C=O) groups is 2. The Hall–Kier alpha value is -6.56. The lowest BCUT2D eigenvalue weighted by Crippen LogP contribution is -2.36. The van der Waals surface area contributed by atoms with E-state index in [1.165, 1.54) is 13.8 Å². The largest absolute Gasteiger partial charge is 0.497 e. The van der Waals surface area contributed by atoms with Gasteiger partial charge in [-0.25, -0.2) is 0 Å². The quantitative estimate of drug-likeness (QED) is 0.0606. The highest BCUT2D eigenvalue weighted by molar-refractivity contribution is 5.99. The third kappa shape index (κ3) is 10.5. The topological polar surface area (TPSA) is 134 Å². The zero-order valence-corrected chi connectivity index (χ0v) is 34.7. The molecule has 12 nitrogen and oxygen atoms in total. The van der Waals surface area contributed by atoms with Crippen LogP contribution in [0.4, 0.5) is 0 Å². The van der Waals surface area contributed by atoms with Crippen molar-refractivity contribution in [3.05, 3.63) is 120 Å². The van der Waals surface area contributed by atoms with Gasteiger partial charge in [-0.2, -0.15) is 0 Å². The summed E-state index contributed by atoms with van der Waals surface area (Å²) < 4.78 is 46.8. The first-order valence-corrected chi connectivity index (χ1v) is 19.4. The minimum Gasteiger partial charge on any atom is -0.497 e. The highest BCUT2D eigenvalue weighted by Gasteiger charge is 2.39. The summed E-state index contributed by atoms with van der Waals surface area (Å²) in [7, 11) is 3.23. The van der Waals surface area contributed by atoms with Crippen molar-refractivity contribution in [2.45, 2.75) is 80.2 Å². The maximum Gasteiger partial charge on any atom is 0.323 e. The molecule has 6 aromatic rings. The summed E-state index contributed by atoms with van der Waals surface area (Å²) in [6, 6.07) is 25.7. The minimum absolute atomic E-state index is 0.0741. The van der Waals surface area contributed by atoms with Crippen molar-refractivity contribution in [2.75, 3.05) is 14.2 Å². The van der Waals surface area contributed by atoms with E-state index < -0.39 is 17.4 Å². The molecule has 0 spiro atoms. The minimum atomic E-state index is -1.57. The van der Waals surface area contributed by atoms with E-state index in [1.807, 2.05) is 88.4 Å². The van der Waals surface area contributed by atoms with Crippen LogP contribution < -0.4 is 28.4 Å². The highest BCUT2D eigenvalue weighted by Crippen LogP contribution is 2.35. The van der Waals surface area contributed by atoms with Crippen molar-refractivity contribution < 1.29 is 47.5 Å². The van der Waals surface area contributed by atoms with E-state index in [4.69, 9.17) is 37.9 Å². The van der Waals surface area contributed by atoms with Crippen LogP contribution in [0.5, 0.6) is 34.5 Å². The number of ether oxygens (including phenoxy) is 8. The van der Waals surface area contributed by atoms with E-state index in [1.54, 1.807) is 50.9 Å². The van der Waals surface area contributed by atoms with Gasteiger partial charge in [0.1, 0.15) is 60.9 Å². The lowest BCUT2D eigenvalue weighted by atomic mass is 9.94. The zero-order chi connectivity index (χ0) is 42.1. The van der Waals surface area contributed by atoms with Crippen molar-refractivity contribution in [2.24, 2.45) is 5.41 Å². The van der Waals surface area contributed by atoms with E-state index in [0.29, 0.717) is 45.6 Å². The van der Waals surface area contributed by atoms with E-state index in [0.717, 1.165) is 32.9 Å². The Morgan fingerprint density at radius 2 is 0.983 bits per heavy atom. The summed E-state index contributed by atoms with van der Waals surface area (Å²) in [5.41, 5.74) is 2.88. The molecule has 2 aromatic heterocycles. The fraction of sp³-hybridized carbons (Fsp3) is 0.319. The van der Waals surface area contributed by atoms with E-state index >= 15 is 0 Å². The average molecular weight is 803 g/mol. The van der Waals surface area contributed by atoms with Crippen molar-refractivity contribution in [3.8, 4) is 34.5 Å². The van der Waals surface area contributed by atoms with E-state index in [-0.39, 0.29) is 38.6 Å². The Morgan fingerprint density at radius 1 is 0.559 bits per heavy atom. The van der Waals surface area contributed by atoms with Gasteiger partial charge in [0.05, 0.1) is 48.6 Å². The third-order valence-electron chi connectivity index (χ3n) is 9.25. The molecule has 0 saturated carbocycles. The van der Waals surface area contributed by atoms with Gasteiger partial charge in [0, 0.05) is 23.2 Å². The number of benzene rings is 4. The molecule has 0 aliphatic rings. The van der Waals surface area contributed by atoms with Gasteiger partial charge in [-0.15, -0.1) is 0 Å². The van der Waals surface area contributed by atoms with E-state index in [2.05, 4.69) is 9.97 Å². The highest BCUT2D eigenvalue weighted by atomic mass is 16.6. The molecule has 0 N–H and O–H groups in total. The van der Waals surface area contributed by atoms with Crippen LogP contribution >= 0.6 is 0 Å². The van der Waals surface area contributed by atoms with Crippen LogP contribution in [-0.2, 0) is 45.5 Å². The number of hydrogen-bond donors (Lipinski definition) is 0. The molecule has 4 aromatic carbocycles. The van der Waals surface area contributed by atoms with Crippen molar-refractivity contribution in [1.29, 1.82) is 0 Å². The summed E-state index contributed by atoms with van der Waals surface area (Å²) >= 11 is 0. The molecule has 0 saturated heterocycles. The second-order valence-electron chi connectivity index (χ2n) is 15.0. The molecule has 0 fully saturated rings. The summed E-state index contributed by atoms with van der Waals surface area (Å²) in [4.78, 5) is 35.6. The summed E-state index contributed by atoms with van der Waals surface area (Å²) in [5.74, 6) is 2.41. The van der Waals surface area contributed by atoms with Gasteiger partial charge in [-0.1, -0.05) is 24.3 Å². The first-order valence-electron chi connectivity index (χ1n) is 19.4. The van der Waals surface area contributed by atoms with Gasteiger partial charge < -0.3 is 37.9 Å². The molecular weight excluding hydrogens is 753 g/mol. The maximum absolute atomic E-state index is 13.2. The molecule has 308 valence electrons. The number of aromatic nitrogens is 2. The normalized spacial score (nSPS) is 11.4. The molecule has 0 radical (unpaired) electrons. The van der Waals surface area contributed by atoms with Crippen molar-refractivity contribution in [3.63, 3.8) is 0 Å². The van der Waals surface area contributed by atoms with Gasteiger partial charge in [0.2, 0.25) is 0 Å². The van der Waals surface area contributed by atoms with Crippen LogP contribution in [0, 0.1) is 5.41 Å². The van der Waals surface area contributed by atoms with Crippen molar-refractivity contribution >= 4 is 33.7 Å². The number of rotatable bonds is 18. The lowest BCUT2D eigenvalue weighted by molar-refractivity contribution is -0.171. The summed E-state index contributed by atoms with van der Waals surface area (Å²) in [6.45, 7) is 11.0. The third-order valence-corrected chi connectivity index (χ3v) is 9.25. The molecule has 0 bridgehead atoms. The molecule has 0 aliphatic carbocycles. The van der Waals surface area contributed by atoms with Crippen LogP contribution in [0.25, 0.3) is 21.8 Å². The van der Waals surface area contributed by atoms with Crippen LogP contribution in [-0.4, -0.2) is 48.3 Å². The molecule has 0 aliphatic heterocycles. The molecule has 0 atom stereocenters. The van der Waals surface area contributed by atoms with Crippen molar-refractivity contribution in [1.82, 2.24) is 9.97 Å². The fourth-order valence-corrected chi connectivity index (χ4v) is 6.10. The molecule has 0 unspecified atom stereocenters. The first kappa shape index (κ1) is 42.1. The number of esters is 2. The van der Waals surface area contributed by atoms with Crippen LogP contribution in [0.15, 0.2) is 97.3 Å². The average Bonchev–Trinajstić information content (AvgIpc) is 3.23. The number of pyridine rings is 2. The fourth-order valence-electron chi connectivity index (χ4n) is 6.10. The molecule has 2 heterocycles. The Kier molecular flexibility index (Phi) is 13.4. The second kappa shape index (κ2) is 18.8. The van der Waals surface area contributed by atoms with Gasteiger partial charge in [-0.05, 0) is 113 Å². The first-order chi connectivity index (χ1) is 28.3. The molecule has 12 heteroatoms. The van der Waals surface area contributed by atoms with Gasteiger partial charge >= 0.3 is 11.9 Å². The Labute approximate surface area is 344 Å². The maximum atomic E-state index is 13.2. The van der Waals surface area contributed by atoms with Gasteiger partial charge in [-0.3, -0.25) is 19.6 Å². The number of methoxy groups -OCH3 is 2. The molecule has 6 rings (SSSR count). The standard InChI is InChI=1S/C47H50N2O10/c1-29(2)58-43-33(23-48-41-17-15-35(52-7)21-39(41)43)27-54-37-13-9-11-31(19-37)25-56-45(50)47(5,6)46(51)57-26-32-12-10-14-38(20-32)55-28-34-24-49-42-18-16-36(53-8)22-40(42)44(34)59-30(3)4/h9-24,29-30H,25-28H2,1-8H3. The number of nitrogens with zero attached hydrogens (tertiary/aromatic N) is 2. The van der Waals surface area contributed by atoms with Crippen LogP contribution in [0.2, 0.25) is 0 Å². The predicted molar refractivity (Wildman–Crippen MR) is 223 cm³/mol. The molecule has 0 amide bonds. The Morgan fingerprint density at radius 3 is 1.37 bits per heavy atom.